The first-order valence-electron chi connectivity index (χ1n) is 10.9. The summed E-state index contributed by atoms with van der Waals surface area (Å²) in [5, 5.41) is 11.7. The molecular formula is C23H36BrNO2. The highest BCUT2D eigenvalue weighted by Gasteiger charge is 2.47. The number of ether oxygens (including phenoxy) is 1. The Kier molecular flexibility index (Phi) is 7.05. The van der Waals surface area contributed by atoms with Gasteiger partial charge in [0.2, 0.25) is 0 Å². The molecule has 2 atom stereocenters. The molecule has 3 nitrogen and oxygen atoms in total. The maximum absolute atomic E-state index is 11.7. The number of quaternary nitrogens is 1. The minimum Gasteiger partial charge on any atom is -1.00 e. The number of benzene rings is 1. The second-order valence-electron chi connectivity index (χ2n) is 9.15. The van der Waals surface area contributed by atoms with E-state index in [0.29, 0.717) is 24.5 Å². The second kappa shape index (κ2) is 8.94. The van der Waals surface area contributed by atoms with Crippen LogP contribution in [0.25, 0.3) is 0 Å². The number of aliphatic hydroxyl groups is 1. The van der Waals surface area contributed by atoms with Gasteiger partial charge < -0.3 is 31.3 Å². The highest BCUT2D eigenvalue weighted by atomic mass is 79.9. The fourth-order valence-corrected chi connectivity index (χ4v) is 6.00. The molecule has 0 radical (unpaired) electrons. The summed E-state index contributed by atoms with van der Waals surface area (Å²) in [4.78, 5) is 0. The zero-order chi connectivity index (χ0) is 18.0. The lowest BCUT2D eigenvalue weighted by Gasteiger charge is -2.53. The number of hydrogen-bond donors (Lipinski definition) is 1. The van der Waals surface area contributed by atoms with Crippen molar-refractivity contribution in [2.45, 2.75) is 63.6 Å². The topological polar surface area (TPSA) is 29.5 Å². The van der Waals surface area contributed by atoms with Gasteiger partial charge in [0.25, 0.3) is 0 Å². The van der Waals surface area contributed by atoms with Crippen molar-refractivity contribution in [1.29, 1.82) is 0 Å². The molecule has 1 N–H and O–H groups in total. The Hall–Kier alpha value is -0.420. The maximum Gasteiger partial charge on any atom is 0.116 e. The van der Waals surface area contributed by atoms with Crippen LogP contribution in [0.4, 0.5) is 0 Å². The van der Waals surface area contributed by atoms with Crippen LogP contribution in [0.1, 0.15) is 57.4 Å². The van der Waals surface area contributed by atoms with Crippen LogP contribution in [0.3, 0.4) is 0 Å². The predicted molar refractivity (Wildman–Crippen MR) is 105 cm³/mol. The minimum atomic E-state index is -0.820. The molecule has 27 heavy (non-hydrogen) atoms. The van der Waals surface area contributed by atoms with Crippen LogP contribution >= 0.6 is 0 Å². The maximum atomic E-state index is 11.7. The van der Waals surface area contributed by atoms with Crippen LogP contribution in [0.5, 0.6) is 0 Å². The molecule has 1 aromatic carbocycles. The van der Waals surface area contributed by atoms with Crippen molar-refractivity contribution in [3.63, 3.8) is 0 Å². The summed E-state index contributed by atoms with van der Waals surface area (Å²) in [6, 6.07) is 10.3. The summed E-state index contributed by atoms with van der Waals surface area (Å²) in [5.74, 6) is 1.04. The van der Waals surface area contributed by atoms with Crippen molar-refractivity contribution in [1.82, 2.24) is 0 Å². The molecule has 0 unspecified atom stereocenters. The van der Waals surface area contributed by atoms with Crippen LogP contribution in [0.15, 0.2) is 30.3 Å². The molecule has 5 rings (SSSR count). The summed E-state index contributed by atoms with van der Waals surface area (Å²) in [6.07, 6.45) is 8.92. The minimum absolute atomic E-state index is 0. The Morgan fingerprint density at radius 2 is 1.74 bits per heavy atom. The van der Waals surface area contributed by atoms with E-state index in [4.69, 9.17) is 4.74 Å². The first kappa shape index (κ1) is 21.3. The number of halogens is 1. The molecule has 3 aliphatic heterocycles. The van der Waals surface area contributed by atoms with E-state index in [9.17, 15) is 5.11 Å². The molecule has 1 aromatic rings. The molecule has 4 heteroatoms. The molecule has 4 fully saturated rings. The Labute approximate surface area is 175 Å². The van der Waals surface area contributed by atoms with E-state index in [1.807, 2.05) is 18.2 Å². The van der Waals surface area contributed by atoms with E-state index >= 15 is 0 Å². The highest BCUT2D eigenvalue weighted by Crippen LogP contribution is 2.42. The zero-order valence-corrected chi connectivity index (χ0v) is 18.4. The first-order chi connectivity index (χ1) is 12.7. The van der Waals surface area contributed by atoms with Gasteiger partial charge >= 0.3 is 0 Å². The lowest BCUT2D eigenvalue weighted by atomic mass is 9.80. The molecule has 4 aliphatic rings. The number of nitrogens with zero attached hydrogens (tertiary/aromatic N) is 1. The van der Waals surface area contributed by atoms with E-state index < -0.39 is 5.60 Å². The van der Waals surface area contributed by atoms with Gasteiger partial charge in [-0.05, 0) is 30.7 Å². The summed E-state index contributed by atoms with van der Waals surface area (Å²) < 4.78 is 7.81. The van der Waals surface area contributed by atoms with Crippen LogP contribution in [0.2, 0.25) is 0 Å². The summed E-state index contributed by atoms with van der Waals surface area (Å²) in [7, 11) is 0. The molecular weight excluding hydrogens is 402 g/mol. The van der Waals surface area contributed by atoms with E-state index in [1.165, 1.54) is 56.2 Å². The van der Waals surface area contributed by atoms with Crippen molar-refractivity contribution < 1.29 is 31.3 Å². The first-order valence-corrected chi connectivity index (χ1v) is 10.9. The molecule has 152 valence electrons. The summed E-state index contributed by atoms with van der Waals surface area (Å²) in [5.41, 5.74) is 0.227. The molecule has 0 spiro atoms. The van der Waals surface area contributed by atoms with Crippen LogP contribution in [-0.2, 0) is 10.3 Å². The number of hydrogen-bond acceptors (Lipinski definition) is 2. The van der Waals surface area contributed by atoms with Crippen LogP contribution in [0, 0.1) is 11.8 Å². The van der Waals surface area contributed by atoms with Gasteiger partial charge in [-0.15, -0.1) is 0 Å². The van der Waals surface area contributed by atoms with Gasteiger partial charge in [-0.25, -0.2) is 0 Å². The van der Waals surface area contributed by atoms with Gasteiger partial charge in [0, 0.05) is 18.8 Å². The van der Waals surface area contributed by atoms with Gasteiger partial charge in [-0.3, -0.25) is 0 Å². The molecule has 2 bridgehead atoms. The Bertz CT molecular complexity index is 576. The fourth-order valence-electron chi connectivity index (χ4n) is 6.00. The Balaban J connectivity index is 0.00000210. The Morgan fingerprint density at radius 1 is 1.07 bits per heavy atom. The number of rotatable bonds is 7. The Morgan fingerprint density at radius 3 is 2.37 bits per heavy atom. The van der Waals surface area contributed by atoms with Crippen molar-refractivity contribution in [3.05, 3.63) is 35.9 Å². The molecule has 0 amide bonds. The van der Waals surface area contributed by atoms with Crippen molar-refractivity contribution in [2.75, 3.05) is 32.8 Å². The van der Waals surface area contributed by atoms with Gasteiger partial charge in [-0.2, -0.15) is 0 Å². The zero-order valence-electron chi connectivity index (χ0n) is 16.8. The average molecular weight is 438 g/mol. The monoisotopic (exact) mass is 437 g/mol. The van der Waals surface area contributed by atoms with E-state index in [1.54, 1.807) is 0 Å². The lowest BCUT2D eigenvalue weighted by molar-refractivity contribution is -0.946. The lowest BCUT2D eigenvalue weighted by Crippen LogP contribution is -3.00. The van der Waals surface area contributed by atoms with Gasteiger partial charge in [-0.1, -0.05) is 50.1 Å². The normalized spacial score (nSPS) is 32.8. The largest absolute Gasteiger partial charge is 1.00 e. The number of piperidine rings is 3. The molecule has 3 saturated heterocycles. The van der Waals surface area contributed by atoms with Crippen LogP contribution in [-0.4, -0.2) is 48.5 Å². The summed E-state index contributed by atoms with van der Waals surface area (Å²) >= 11 is 0. The predicted octanol–water partition coefficient (Wildman–Crippen LogP) is 1.10. The van der Waals surface area contributed by atoms with E-state index in [0.717, 1.165) is 24.9 Å². The van der Waals surface area contributed by atoms with Crippen molar-refractivity contribution >= 4 is 0 Å². The van der Waals surface area contributed by atoms with E-state index in [2.05, 4.69) is 19.1 Å². The molecule has 1 aliphatic carbocycles. The standard InChI is InChI=1S/C23H36NO2.BrH/c1-2-14-24-15-12-19(13-16-24)22(17-24)26-18-23(25,21-10-6-7-11-21)20-8-4-3-5-9-20;/h3-5,8-9,19,21-22,25H,2,6-7,10-18H2,1H3;1H/q+1;/p-1/t19?,22-,23-,24?;/m0./s1. The third-order valence-corrected chi connectivity index (χ3v) is 7.56. The average Bonchev–Trinajstić information content (AvgIpc) is 3.23. The second-order valence-corrected chi connectivity index (χ2v) is 9.15. The SMILES string of the molecule is CCC[N+]12CCC(CC1)[C@@H](OC[C@](O)(c1ccccc1)C1CCCC1)C2.[Br-]. The van der Waals surface area contributed by atoms with E-state index in [-0.39, 0.29) is 17.0 Å². The number of fused-ring (bicyclic) bond motifs is 3. The summed E-state index contributed by atoms with van der Waals surface area (Å²) in [6.45, 7) is 7.90. The van der Waals surface area contributed by atoms with Gasteiger partial charge in [0.15, 0.2) is 0 Å². The fraction of sp³-hybridized carbons (Fsp3) is 0.739. The third kappa shape index (κ3) is 4.29. The highest BCUT2D eigenvalue weighted by molar-refractivity contribution is 5.24. The van der Waals surface area contributed by atoms with Crippen LogP contribution < -0.4 is 17.0 Å². The van der Waals surface area contributed by atoms with Gasteiger partial charge in [0.1, 0.15) is 18.2 Å². The smallest absolute Gasteiger partial charge is 0.116 e. The molecule has 3 heterocycles. The quantitative estimate of drug-likeness (QED) is 0.647. The van der Waals surface area contributed by atoms with Gasteiger partial charge in [0.05, 0.1) is 26.2 Å². The van der Waals surface area contributed by atoms with Crippen molar-refractivity contribution in [3.8, 4) is 0 Å². The van der Waals surface area contributed by atoms with Crippen molar-refractivity contribution in [2.24, 2.45) is 11.8 Å². The molecule has 0 aromatic heterocycles. The third-order valence-electron chi connectivity index (χ3n) is 7.56. The molecule has 1 saturated carbocycles.